The van der Waals surface area contributed by atoms with E-state index in [-0.39, 0.29) is 0 Å². The Kier molecular flexibility index (Phi) is 6.06. The van der Waals surface area contributed by atoms with E-state index in [1.807, 2.05) is 6.07 Å². The molecule has 1 rings (SSSR count). The summed E-state index contributed by atoms with van der Waals surface area (Å²) in [6, 6.07) is 8.78. The average Bonchev–Trinajstić information content (AvgIpc) is 2.34. The normalized spacial score (nSPS) is 12.8. The van der Waals surface area contributed by atoms with Gasteiger partial charge in [0.25, 0.3) is 0 Å². The van der Waals surface area contributed by atoms with E-state index < -0.39 is 0 Å². The van der Waals surface area contributed by atoms with Crippen LogP contribution in [0.3, 0.4) is 0 Å². The number of hydrogen-bond acceptors (Lipinski definition) is 2. The molecule has 1 unspecified atom stereocenters. The molecule has 0 fully saturated rings. The van der Waals surface area contributed by atoms with Gasteiger partial charge in [-0.25, -0.2) is 0 Å². The third kappa shape index (κ3) is 5.22. The highest BCUT2D eigenvalue weighted by Crippen LogP contribution is 2.20. The fourth-order valence-corrected chi connectivity index (χ4v) is 1.63. The van der Waals surface area contributed by atoms with Crippen LogP contribution in [0.1, 0.15) is 45.6 Å². The monoisotopic (exact) mass is 235 g/mol. The number of hydrogen-bond donors (Lipinski definition) is 1. The summed E-state index contributed by atoms with van der Waals surface area (Å²) in [5.41, 5.74) is 1.33. The number of benzene rings is 1. The van der Waals surface area contributed by atoms with E-state index in [2.05, 4.69) is 51.2 Å². The zero-order valence-electron chi connectivity index (χ0n) is 11.5. The average molecular weight is 235 g/mol. The number of nitrogens with one attached hydrogen (secondary N) is 1. The van der Waals surface area contributed by atoms with Gasteiger partial charge in [0, 0.05) is 6.04 Å². The second-order valence-electron chi connectivity index (χ2n) is 4.89. The third-order valence-electron chi connectivity index (χ3n) is 2.77. The van der Waals surface area contributed by atoms with Gasteiger partial charge in [-0.3, -0.25) is 0 Å². The van der Waals surface area contributed by atoms with Crippen molar-refractivity contribution in [2.24, 2.45) is 0 Å². The van der Waals surface area contributed by atoms with Gasteiger partial charge in [0.05, 0.1) is 0 Å². The molecule has 0 aliphatic heterocycles. The Bertz CT molecular complexity index is 322. The molecule has 1 N–H and O–H groups in total. The maximum atomic E-state index is 5.79. The Morgan fingerprint density at radius 3 is 2.65 bits per heavy atom. The molecule has 0 spiro atoms. The molecule has 0 bridgehead atoms. The largest absolute Gasteiger partial charge is 0.492 e. The van der Waals surface area contributed by atoms with Gasteiger partial charge in [0.15, 0.2) is 0 Å². The van der Waals surface area contributed by atoms with Crippen molar-refractivity contribution in [1.82, 2.24) is 5.32 Å². The number of ether oxygens (including phenoxy) is 1. The minimum Gasteiger partial charge on any atom is -0.492 e. The first-order valence-electron chi connectivity index (χ1n) is 6.59. The molecule has 0 aliphatic carbocycles. The zero-order chi connectivity index (χ0) is 12.7. The van der Waals surface area contributed by atoms with Crippen LogP contribution in [0.15, 0.2) is 24.3 Å². The quantitative estimate of drug-likeness (QED) is 0.780. The highest BCUT2D eigenvalue weighted by molar-refractivity contribution is 5.30. The lowest BCUT2D eigenvalue weighted by atomic mass is 10.0. The first-order chi connectivity index (χ1) is 8.13. The molecule has 0 heterocycles. The molecular weight excluding hydrogens is 210 g/mol. The second kappa shape index (κ2) is 7.33. The maximum absolute atomic E-state index is 5.79. The topological polar surface area (TPSA) is 21.3 Å². The summed E-state index contributed by atoms with van der Waals surface area (Å²) in [5, 5.41) is 3.41. The molecule has 2 heteroatoms. The van der Waals surface area contributed by atoms with E-state index in [0.29, 0.717) is 12.0 Å². The van der Waals surface area contributed by atoms with Crippen molar-refractivity contribution in [3.05, 3.63) is 29.8 Å². The Labute approximate surface area is 105 Å². The smallest absolute Gasteiger partial charge is 0.119 e. The van der Waals surface area contributed by atoms with Crippen LogP contribution in [0.5, 0.6) is 5.75 Å². The van der Waals surface area contributed by atoms with Crippen LogP contribution in [0.2, 0.25) is 0 Å². The molecule has 0 saturated carbocycles. The van der Waals surface area contributed by atoms with Crippen molar-refractivity contribution in [3.63, 3.8) is 0 Å². The number of rotatable bonds is 7. The highest BCUT2D eigenvalue weighted by atomic mass is 16.5. The molecule has 96 valence electrons. The summed E-state index contributed by atoms with van der Waals surface area (Å²) in [4.78, 5) is 0. The lowest BCUT2D eigenvalue weighted by molar-refractivity contribution is 0.273. The summed E-state index contributed by atoms with van der Waals surface area (Å²) >= 11 is 0. The molecule has 1 atom stereocenters. The van der Waals surface area contributed by atoms with Crippen molar-refractivity contribution >= 4 is 0 Å². The van der Waals surface area contributed by atoms with E-state index in [0.717, 1.165) is 25.3 Å². The molecule has 1 aromatic rings. The van der Waals surface area contributed by atoms with Crippen LogP contribution < -0.4 is 10.1 Å². The van der Waals surface area contributed by atoms with Crippen LogP contribution in [0.25, 0.3) is 0 Å². The van der Waals surface area contributed by atoms with Gasteiger partial charge in [-0.2, -0.15) is 0 Å². The van der Waals surface area contributed by atoms with Crippen LogP contribution in [-0.4, -0.2) is 19.2 Å². The van der Waals surface area contributed by atoms with Crippen LogP contribution in [0, 0.1) is 0 Å². The molecule has 0 aliphatic rings. The SMILES string of the molecule is CCCNC(C)COc1cccc(C(C)C)c1. The molecule has 0 amide bonds. The molecule has 0 radical (unpaired) electrons. The first kappa shape index (κ1) is 14.0. The standard InChI is InChI=1S/C15H25NO/c1-5-9-16-13(4)11-17-15-8-6-7-14(10-15)12(2)3/h6-8,10,12-13,16H,5,9,11H2,1-4H3. The first-order valence-corrected chi connectivity index (χ1v) is 6.59. The summed E-state index contributed by atoms with van der Waals surface area (Å²) in [6.07, 6.45) is 1.16. The van der Waals surface area contributed by atoms with Crippen molar-refractivity contribution < 1.29 is 4.74 Å². The minimum absolute atomic E-state index is 0.401. The van der Waals surface area contributed by atoms with Gasteiger partial charge in [0.2, 0.25) is 0 Å². The third-order valence-corrected chi connectivity index (χ3v) is 2.77. The van der Waals surface area contributed by atoms with E-state index in [1.54, 1.807) is 0 Å². The zero-order valence-corrected chi connectivity index (χ0v) is 11.5. The van der Waals surface area contributed by atoms with Gasteiger partial charge in [-0.1, -0.05) is 32.9 Å². The highest BCUT2D eigenvalue weighted by Gasteiger charge is 2.03. The molecule has 2 nitrogen and oxygen atoms in total. The second-order valence-corrected chi connectivity index (χ2v) is 4.89. The van der Waals surface area contributed by atoms with Crippen LogP contribution in [0.4, 0.5) is 0 Å². The van der Waals surface area contributed by atoms with Gasteiger partial charge < -0.3 is 10.1 Å². The fourth-order valence-electron chi connectivity index (χ4n) is 1.63. The summed E-state index contributed by atoms with van der Waals surface area (Å²) in [7, 11) is 0. The fraction of sp³-hybridized carbons (Fsp3) is 0.600. The Morgan fingerprint density at radius 1 is 1.24 bits per heavy atom. The Morgan fingerprint density at radius 2 is 2.00 bits per heavy atom. The van der Waals surface area contributed by atoms with Crippen LogP contribution in [-0.2, 0) is 0 Å². The maximum Gasteiger partial charge on any atom is 0.119 e. The summed E-state index contributed by atoms with van der Waals surface area (Å²) in [6.45, 7) is 10.5. The van der Waals surface area contributed by atoms with E-state index in [4.69, 9.17) is 4.74 Å². The predicted octanol–water partition coefficient (Wildman–Crippen LogP) is 3.58. The Balaban J connectivity index is 2.43. The Hall–Kier alpha value is -1.02. The minimum atomic E-state index is 0.401. The lowest BCUT2D eigenvalue weighted by Gasteiger charge is -2.15. The lowest BCUT2D eigenvalue weighted by Crippen LogP contribution is -2.32. The summed E-state index contributed by atoms with van der Waals surface area (Å²) < 4.78 is 5.79. The van der Waals surface area contributed by atoms with Crippen LogP contribution >= 0.6 is 0 Å². The van der Waals surface area contributed by atoms with Gasteiger partial charge >= 0.3 is 0 Å². The van der Waals surface area contributed by atoms with E-state index >= 15 is 0 Å². The van der Waals surface area contributed by atoms with Gasteiger partial charge in [-0.15, -0.1) is 0 Å². The van der Waals surface area contributed by atoms with Gasteiger partial charge in [-0.05, 0) is 43.5 Å². The molecule has 0 saturated heterocycles. The van der Waals surface area contributed by atoms with Crippen molar-refractivity contribution in [2.45, 2.75) is 46.1 Å². The van der Waals surface area contributed by atoms with E-state index in [1.165, 1.54) is 5.56 Å². The predicted molar refractivity (Wildman–Crippen MR) is 73.8 cm³/mol. The van der Waals surface area contributed by atoms with Crippen molar-refractivity contribution in [1.29, 1.82) is 0 Å². The molecule has 1 aromatic carbocycles. The molecule has 0 aromatic heterocycles. The van der Waals surface area contributed by atoms with Gasteiger partial charge in [0.1, 0.15) is 12.4 Å². The van der Waals surface area contributed by atoms with Crippen molar-refractivity contribution in [2.75, 3.05) is 13.2 Å². The summed E-state index contributed by atoms with van der Waals surface area (Å²) in [5.74, 6) is 1.52. The van der Waals surface area contributed by atoms with Crippen molar-refractivity contribution in [3.8, 4) is 5.75 Å². The molecular formula is C15H25NO. The van der Waals surface area contributed by atoms with E-state index in [9.17, 15) is 0 Å². The molecule has 17 heavy (non-hydrogen) atoms.